The van der Waals surface area contributed by atoms with Gasteiger partial charge in [0, 0.05) is 23.9 Å². The number of hydrogen-bond donors (Lipinski definition) is 2. The van der Waals surface area contributed by atoms with E-state index in [0.717, 1.165) is 17.5 Å². The van der Waals surface area contributed by atoms with Gasteiger partial charge in [-0.25, -0.2) is 4.98 Å². The second kappa shape index (κ2) is 5.43. The van der Waals surface area contributed by atoms with Crippen molar-refractivity contribution < 1.29 is 14.7 Å². The summed E-state index contributed by atoms with van der Waals surface area (Å²) in [4.78, 5) is 25.8. The lowest BCUT2D eigenvalue weighted by molar-refractivity contribution is -0.134. The average Bonchev–Trinajstić information content (AvgIpc) is 2.55. The Morgan fingerprint density at radius 1 is 1.56 bits per heavy atom. The highest BCUT2D eigenvalue weighted by Crippen LogP contribution is 2.28. The number of nitrogens with zero attached hydrogens (tertiary/aromatic N) is 2. The smallest absolute Gasteiger partial charge is 0.313 e. The number of carbonyl (C=O) groups excluding carboxylic acids is 1. The summed E-state index contributed by atoms with van der Waals surface area (Å²) in [7, 11) is 0. The molecule has 3 N–H and O–H groups in total. The third-order valence-electron chi connectivity index (χ3n) is 2.44. The zero-order valence-electron chi connectivity index (χ0n) is 10.6. The molecule has 1 aromatic heterocycles. The highest BCUT2D eigenvalue weighted by Gasteiger charge is 2.27. The van der Waals surface area contributed by atoms with Gasteiger partial charge >= 0.3 is 5.97 Å². The van der Waals surface area contributed by atoms with Gasteiger partial charge in [0.1, 0.15) is 0 Å². The molecule has 1 heterocycles. The molecule has 0 fully saturated rings. The monoisotopic (exact) mass is 271 g/mol. The van der Waals surface area contributed by atoms with Crippen molar-refractivity contribution in [3.8, 4) is 0 Å². The van der Waals surface area contributed by atoms with Gasteiger partial charge in [0.25, 0.3) is 0 Å². The number of rotatable bonds is 6. The van der Waals surface area contributed by atoms with Crippen LogP contribution < -0.4 is 5.73 Å². The number of carboxylic acids is 1. The predicted octanol–water partition coefficient (Wildman–Crippen LogP) is 0.979. The van der Waals surface area contributed by atoms with Crippen molar-refractivity contribution in [2.75, 3.05) is 5.75 Å². The topological polar surface area (TPSA) is 98.2 Å². The summed E-state index contributed by atoms with van der Waals surface area (Å²) >= 11 is 1.13. The fraction of sp³-hybridized carbons (Fsp3) is 0.545. The molecule has 0 saturated carbocycles. The highest BCUT2D eigenvalue weighted by atomic mass is 32.2. The fourth-order valence-electron chi connectivity index (χ4n) is 1.88. The number of imidazole rings is 1. The minimum atomic E-state index is -0.903. The molecule has 1 amide bonds. The van der Waals surface area contributed by atoms with Gasteiger partial charge in [-0.15, -0.1) is 0 Å². The van der Waals surface area contributed by atoms with E-state index in [2.05, 4.69) is 4.98 Å². The van der Waals surface area contributed by atoms with E-state index < -0.39 is 17.4 Å². The van der Waals surface area contributed by atoms with Gasteiger partial charge in [-0.1, -0.05) is 11.8 Å². The van der Waals surface area contributed by atoms with Crippen LogP contribution in [-0.4, -0.2) is 32.3 Å². The first-order valence-electron chi connectivity index (χ1n) is 5.42. The van der Waals surface area contributed by atoms with Gasteiger partial charge < -0.3 is 15.4 Å². The van der Waals surface area contributed by atoms with Gasteiger partial charge in [-0.3, -0.25) is 9.59 Å². The number of nitrogens with two attached hydrogens (primary N) is 1. The molecule has 0 bridgehead atoms. The summed E-state index contributed by atoms with van der Waals surface area (Å²) in [6.07, 6.45) is 1.83. The van der Waals surface area contributed by atoms with E-state index in [0.29, 0.717) is 5.16 Å². The lowest BCUT2D eigenvalue weighted by Gasteiger charge is -2.28. The number of aliphatic carboxylic acids is 1. The van der Waals surface area contributed by atoms with Gasteiger partial charge in [0.2, 0.25) is 5.91 Å². The van der Waals surface area contributed by atoms with Crippen molar-refractivity contribution in [2.45, 2.75) is 37.9 Å². The Bertz CT molecular complexity index is 468. The SMILES string of the molecule is Cc1cnc(SCC(=O)O)n1C(C)(C)CC(N)=O. The molecule has 6 nitrogen and oxygen atoms in total. The molecular formula is C11H17N3O3S. The Balaban J connectivity index is 3.02. The first kappa shape index (κ1) is 14.6. The van der Waals surface area contributed by atoms with Crippen LogP contribution in [0.15, 0.2) is 11.4 Å². The van der Waals surface area contributed by atoms with Crippen molar-refractivity contribution in [2.24, 2.45) is 5.73 Å². The molecule has 0 unspecified atom stereocenters. The second-order valence-electron chi connectivity index (χ2n) is 4.66. The third-order valence-corrected chi connectivity index (χ3v) is 3.38. The molecule has 0 aliphatic heterocycles. The van der Waals surface area contributed by atoms with Crippen LogP contribution in [0.1, 0.15) is 26.0 Å². The number of carbonyl (C=O) groups is 2. The molecular weight excluding hydrogens is 254 g/mol. The van der Waals surface area contributed by atoms with Crippen LogP contribution in [0, 0.1) is 6.92 Å². The van der Waals surface area contributed by atoms with E-state index >= 15 is 0 Å². The Labute approximate surface area is 110 Å². The van der Waals surface area contributed by atoms with Crippen LogP contribution in [0.4, 0.5) is 0 Å². The summed E-state index contributed by atoms with van der Waals surface area (Å²) in [5, 5.41) is 9.27. The van der Waals surface area contributed by atoms with Crippen LogP contribution in [0.3, 0.4) is 0 Å². The van der Waals surface area contributed by atoms with Crippen LogP contribution in [0.25, 0.3) is 0 Å². The van der Waals surface area contributed by atoms with E-state index in [-0.39, 0.29) is 12.2 Å². The highest BCUT2D eigenvalue weighted by molar-refractivity contribution is 7.99. The maximum absolute atomic E-state index is 11.1. The second-order valence-corrected chi connectivity index (χ2v) is 5.60. The Hall–Kier alpha value is -1.50. The normalized spacial score (nSPS) is 11.5. The fourth-order valence-corrected chi connectivity index (χ4v) is 2.78. The van der Waals surface area contributed by atoms with Gasteiger partial charge in [-0.05, 0) is 20.8 Å². The molecule has 0 aliphatic rings. The van der Waals surface area contributed by atoms with Gasteiger partial charge in [0.05, 0.1) is 5.75 Å². The number of carboxylic acid groups (broad SMARTS) is 1. The minimum absolute atomic E-state index is 0.0664. The number of aromatic nitrogens is 2. The molecule has 7 heteroatoms. The lowest BCUT2D eigenvalue weighted by atomic mass is 10.00. The number of aryl methyl sites for hydroxylation is 1. The quantitative estimate of drug-likeness (QED) is 0.751. The minimum Gasteiger partial charge on any atom is -0.481 e. The molecule has 1 aromatic rings. The molecule has 100 valence electrons. The standard InChI is InChI=1S/C11H17N3O3S/c1-7-5-13-10(18-6-9(16)17)14(7)11(2,3)4-8(12)15/h5H,4,6H2,1-3H3,(H2,12,15)(H,16,17). The Morgan fingerprint density at radius 3 is 2.67 bits per heavy atom. The average molecular weight is 271 g/mol. The molecule has 0 aliphatic carbocycles. The van der Waals surface area contributed by atoms with E-state index in [1.807, 2.05) is 25.3 Å². The third kappa shape index (κ3) is 3.49. The molecule has 0 saturated heterocycles. The first-order chi connectivity index (χ1) is 8.24. The van der Waals surface area contributed by atoms with E-state index in [1.165, 1.54) is 0 Å². The van der Waals surface area contributed by atoms with Crippen molar-refractivity contribution in [1.82, 2.24) is 9.55 Å². The maximum atomic E-state index is 11.1. The molecule has 0 radical (unpaired) electrons. The lowest BCUT2D eigenvalue weighted by Crippen LogP contribution is -2.33. The zero-order valence-corrected chi connectivity index (χ0v) is 11.5. The Morgan fingerprint density at radius 2 is 2.17 bits per heavy atom. The molecule has 1 rings (SSSR count). The van der Waals surface area contributed by atoms with Crippen molar-refractivity contribution in [1.29, 1.82) is 0 Å². The maximum Gasteiger partial charge on any atom is 0.313 e. The van der Waals surface area contributed by atoms with Crippen LogP contribution in [0.2, 0.25) is 0 Å². The number of hydrogen-bond acceptors (Lipinski definition) is 4. The molecule has 18 heavy (non-hydrogen) atoms. The summed E-state index contributed by atoms with van der Waals surface area (Å²) in [6, 6.07) is 0. The van der Waals surface area contributed by atoms with Gasteiger partial charge in [-0.2, -0.15) is 0 Å². The van der Waals surface area contributed by atoms with Crippen molar-refractivity contribution in [3.63, 3.8) is 0 Å². The van der Waals surface area contributed by atoms with Crippen molar-refractivity contribution in [3.05, 3.63) is 11.9 Å². The van der Waals surface area contributed by atoms with E-state index in [1.54, 1.807) is 6.20 Å². The predicted molar refractivity (Wildman–Crippen MR) is 68.5 cm³/mol. The van der Waals surface area contributed by atoms with Crippen LogP contribution in [-0.2, 0) is 15.1 Å². The number of thioether (sulfide) groups is 1. The molecule has 0 aromatic carbocycles. The molecule has 0 spiro atoms. The summed E-state index contributed by atoms with van der Waals surface area (Å²) in [5.41, 5.74) is 5.58. The molecule has 0 atom stereocenters. The van der Waals surface area contributed by atoms with Crippen LogP contribution >= 0.6 is 11.8 Å². The summed E-state index contributed by atoms with van der Waals surface area (Å²) in [5.74, 6) is -1.37. The first-order valence-corrected chi connectivity index (χ1v) is 6.40. The summed E-state index contributed by atoms with van der Waals surface area (Å²) < 4.78 is 1.85. The zero-order chi connectivity index (χ0) is 13.9. The largest absolute Gasteiger partial charge is 0.481 e. The van der Waals surface area contributed by atoms with Gasteiger partial charge in [0.15, 0.2) is 5.16 Å². The number of primary amides is 1. The van der Waals surface area contributed by atoms with E-state index in [4.69, 9.17) is 10.8 Å². The van der Waals surface area contributed by atoms with E-state index in [9.17, 15) is 9.59 Å². The van der Waals surface area contributed by atoms with Crippen molar-refractivity contribution >= 4 is 23.6 Å². The number of amides is 1. The summed E-state index contributed by atoms with van der Waals surface area (Å²) in [6.45, 7) is 5.61. The Kier molecular flexibility index (Phi) is 4.39. The van der Waals surface area contributed by atoms with Crippen LogP contribution in [0.5, 0.6) is 0 Å².